The van der Waals surface area contributed by atoms with Gasteiger partial charge in [-0.15, -0.1) is 0 Å². The average molecular weight is 333 g/mol. The minimum atomic E-state index is -4.90. The first kappa shape index (κ1) is 16.5. The van der Waals surface area contributed by atoms with Gasteiger partial charge in [0.05, 0.1) is 0 Å². The number of nitrogens with one attached hydrogen (secondary N) is 1. The predicted molar refractivity (Wildman–Crippen MR) is 74.4 cm³/mol. The third kappa shape index (κ3) is 3.14. The summed E-state index contributed by atoms with van der Waals surface area (Å²) < 4.78 is 40.8. The van der Waals surface area contributed by atoms with Crippen molar-refractivity contribution in [1.29, 1.82) is 0 Å². The van der Waals surface area contributed by atoms with Crippen LogP contribution in [0.1, 0.15) is 22.6 Å². The van der Waals surface area contributed by atoms with Crippen molar-refractivity contribution in [2.45, 2.75) is 18.2 Å². The first-order valence-corrected chi connectivity index (χ1v) is 7.27. The highest BCUT2D eigenvalue weighted by Gasteiger charge is 2.57. The third-order valence-electron chi connectivity index (χ3n) is 3.22. The van der Waals surface area contributed by atoms with Gasteiger partial charge in [-0.3, -0.25) is 4.79 Å². The van der Waals surface area contributed by atoms with Gasteiger partial charge in [0.2, 0.25) is 5.60 Å². The molecule has 0 saturated heterocycles. The van der Waals surface area contributed by atoms with Crippen LogP contribution in [-0.4, -0.2) is 33.3 Å². The fourth-order valence-electron chi connectivity index (χ4n) is 2.00. The predicted octanol–water partition coefficient (Wildman–Crippen LogP) is 2.05. The summed E-state index contributed by atoms with van der Waals surface area (Å²) in [6.45, 7) is -0.336. The number of carbonyl (C=O) groups is 1. The molecule has 2 aromatic heterocycles. The van der Waals surface area contributed by atoms with Crippen molar-refractivity contribution in [2.75, 3.05) is 6.54 Å². The van der Waals surface area contributed by atoms with E-state index in [0.717, 1.165) is 4.57 Å². The Morgan fingerprint density at radius 3 is 2.73 bits per heavy atom. The van der Waals surface area contributed by atoms with E-state index in [1.807, 2.05) is 0 Å². The van der Waals surface area contributed by atoms with Crippen molar-refractivity contribution in [3.05, 3.63) is 40.6 Å². The smallest absolute Gasteiger partial charge is 0.374 e. The highest BCUT2D eigenvalue weighted by Crippen LogP contribution is 2.40. The van der Waals surface area contributed by atoms with Gasteiger partial charge in [-0.2, -0.15) is 24.5 Å². The molecule has 2 heterocycles. The molecule has 0 aliphatic heterocycles. The lowest BCUT2D eigenvalue weighted by molar-refractivity contribution is -0.272. The number of alkyl halides is 3. The van der Waals surface area contributed by atoms with Gasteiger partial charge in [-0.05, 0) is 11.4 Å². The Balaban J connectivity index is 2.09. The Morgan fingerprint density at radius 1 is 1.50 bits per heavy atom. The van der Waals surface area contributed by atoms with E-state index >= 15 is 0 Å². The van der Waals surface area contributed by atoms with E-state index in [-0.39, 0.29) is 6.54 Å². The van der Waals surface area contributed by atoms with Crippen LogP contribution >= 0.6 is 11.3 Å². The molecule has 22 heavy (non-hydrogen) atoms. The lowest BCUT2D eigenvalue weighted by atomic mass is 9.97. The van der Waals surface area contributed by atoms with Crippen molar-refractivity contribution in [3.63, 3.8) is 0 Å². The fraction of sp³-hybridized carbons (Fsp3) is 0.385. The summed E-state index contributed by atoms with van der Waals surface area (Å²) in [6, 6.07) is 1.56. The second-order valence-corrected chi connectivity index (χ2v) is 5.52. The summed E-state index contributed by atoms with van der Waals surface area (Å²) in [5, 5.41) is 15.7. The van der Waals surface area contributed by atoms with Gasteiger partial charge in [0.15, 0.2) is 0 Å². The average Bonchev–Trinajstić information content (AvgIpc) is 3.07. The van der Waals surface area contributed by atoms with Gasteiger partial charge in [-0.25, -0.2) is 4.98 Å². The highest BCUT2D eigenvalue weighted by atomic mass is 32.1. The van der Waals surface area contributed by atoms with Crippen molar-refractivity contribution >= 4 is 17.2 Å². The molecular weight excluding hydrogens is 319 g/mol. The van der Waals surface area contributed by atoms with E-state index in [1.165, 1.54) is 30.8 Å². The Hall–Kier alpha value is -1.87. The summed E-state index contributed by atoms with van der Waals surface area (Å²) in [6.07, 6.45) is -3.14. The van der Waals surface area contributed by atoms with Crippen LogP contribution in [0.15, 0.2) is 29.2 Å². The van der Waals surface area contributed by atoms with E-state index in [4.69, 9.17) is 0 Å². The molecule has 0 radical (unpaired) electrons. The minimum absolute atomic E-state index is 0.336. The van der Waals surface area contributed by atoms with E-state index in [0.29, 0.717) is 5.56 Å². The monoisotopic (exact) mass is 333 g/mol. The van der Waals surface area contributed by atoms with Crippen LogP contribution in [0.2, 0.25) is 0 Å². The van der Waals surface area contributed by atoms with Crippen LogP contribution in [0, 0.1) is 0 Å². The number of hydrogen-bond acceptors (Lipinski definition) is 4. The molecule has 0 aliphatic carbocycles. The number of rotatable bonds is 5. The number of imidazole rings is 1. The maximum absolute atomic E-state index is 13.2. The molecule has 0 aromatic carbocycles. The number of aryl methyl sites for hydroxylation is 1. The van der Waals surface area contributed by atoms with Crippen LogP contribution in [-0.2, 0) is 12.6 Å². The Bertz CT molecular complexity index is 639. The van der Waals surface area contributed by atoms with Crippen molar-refractivity contribution in [3.8, 4) is 0 Å². The zero-order chi connectivity index (χ0) is 16.4. The molecule has 0 aliphatic rings. The van der Waals surface area contributed by atoms with Crippen LogP contribution in [0.25, 0.3) is 0 Å². The fourth-order valence-corrected chi connectivity index (χ4v) is 2.63. The quantitative estimate of drug-likeness (QED) is 0.880. The van der Waals surface area contributed by atoms with Gasteiger partial charge in [0, 0.05) is 43.4 Å². The normalized spacial score (nSPS) is 14.6. The molecule has 1 unspecified atom stereocenters. The number of hydrogen-bond donors (Lipinski definition) is 2. The summed E-state index contributed by atoms with van der Waals surface area (Å²) in [7, 11) is 1.36. The number of thiophene rings is 1. The van der Waals surface area contributed by atoms with Crippen LogP contribution in [0.5, 0.6) is 0 Å². The van der Waals surface area contributed by atoms with Crippen LogP contribution in [0.4, 0.5) is 13.2 Å². The lowest BCUT2D eigenvalue weighted by Crippen LogP contribution is -2.46. The molecule has 1 atom stereocenters. The molecule has 0 fully saturated rings. The molecule has 0 bridgehead atoms. The number of aliphatic hydroxyl groups is 1. The van der Waals surface area contributed by atoms with Crippen LogP contribution < -0.4 is 5.32 Å². The molecule has 0 spiro atoms. The second kappa shape index (κ2) is 6.09. The maximum Gasteiger partial charge on any atom is 0.424 e. The number of nitrogens with zero attached hydrogens (tertiary/aromatic N) is 2. The molecule has 2 rings (SSSR count). The molecule has 0 saturated carbocycles. The van der Waals surface area contributed by atoms with Crippen LogP contribution in [0.3, 0.4) is 0 Å². The van der Waals surface area contributed by atoms with Gasteiger partial charge < -0.3 is 15.0 Å². The van der Waals surface area contributed by atoms with Gasteiger partial charge in [-0.1, -0.05) is 0 Å². The Kier molecular flexibility index (Phi) is 4.57. The minimum Gasteiger partial charge on any atom is -0.374 e. The van der Waals surface area contributed by atoms with Crippen molar-refractivity contribution in [2.24, 2.45) is 7.05 Å². The summed E-state index contributed by atoms with van der Waals surface area (Å²) in [5.74, 6) is -0.990. The first-order chi connectivity index (χ1) is 10.3. The standard InChI is InChI=1S/C13H14F3N3O2S/c1-19-6-5-18-11(19)12(21,13(14,15)16)3-4-17-10(20)9-2-7-22-8-9/h2,5-8,21H,3-4H2,1H3,(H,17,20). The number of amides is 1. The van der Waals surface area contributed by atoms with E-state index in [9.17, 15) is 23.1 Å². The van der Waals surface area contributed by atoms with Gasteiger partial charge >= 0.3 is 6.18 Å². The number of aromatic nitrogens is 2. The molecule has 9 heteroatoms. The SMILES string of the molecule is Cn1ccnc1C(O)(CCNC(=O)c1ccsc1)C(F)(F)F. The molecule has 1 amide bonds. The van der Waals surface area contributed by atoms with Gasteiger partial charge in [0.1, 0.15) is 5.82 Å². The third-order valence-corrected chi connectivity index (χ3v) is 3.90. The van der Waals surface area contributed by atoms with E-state index in [1.54, 1.807) is 16.8 Å². The Morgan fingerprint density at radius 2 is 2.23 bits per heavy atom. The summed E-state index contributed by atoms with van der Waals surface area (Å²) in [4.78, 5) is 15.3. The molecule has 2 N–H and O–H groups in total. The second-order valence-electron chi connectivity index (χ2n) is 4.74. The van der Waals surface area contributed by atoms with Crippen molar-refractivity contribution < 1.29 is 23.1 Å². The summed E-state index contributed by atoms with van der Waals surface area (Å²) in [5.41, 5.74) is -2.75. The molecular formula is C13H14F3N3O2S. The number of carbonyl (C=O) groups excluding carboxylic acids is 1. The molecule has 2 aromatic rings. The highest BCUT2D eigenvalue weighted by molar-refractivity contribution is 7.08. The largest absolute Gasteiger partial charge is 0.424 e. The molecule has 120 valence electrons. The van der Waals surface area contributed by atoms with E-state index < -0.39 is 29.9 Å². The zero-order valence-electron chi connectivity index (χ0n) is 11.6. The molecule has 5 nitrogen and oxygen atoms in total. The van der Waals surface area contributed by atoms with Crippen molar-refractivity contribution in [1.82, 2.24) is 14.9 Å². The first-order valence-electron chi connectivity index (χ1n) is 6.33. The zero-order valence-corrected chi connectivity index (χ0v) is 12.4. The maximum atomic E-state index is 13.2. The topological polar surface area (TPSA) is 67.2 Å². The Labute approximate surface area is 128 Å². The van der Waals surface area contributed by atoms with E-state index in [2.05, 4.69) is 10.3 Å². The number of halogens is 3. The summed E-state index contributed by atoms with van der Waals surface area (Å²) >= 11 is 1.31. The lowest BCUT2D eigenvalue weighted by Gasteiger charge is -2.29. The van der Waals surface area contributed by atoms with Gasteiger partial charge in [0.25, 0.3) is 5.91 Å².